The molecule has 4 rings (SSSR count). The number of ether oxygens (including phenoxy) is 1. The number of alkyl halides is 3. The van der Waals surface area contributed by atoms with Crippen molar-refractivity contribution in [3.05, 3.63) is 99.5 Å². The predicted molar refractivity (Wildman–Crippen MR) is 123 cm³/mol. The Morgan fingerprint density at radius 3 is 2.32 bits per heavy atom. The van der Waals surface area contributed by atoms with Crippen molar-refractivity contribution >= 4 is 39.1 Å². The van der Waals surface area contributed by atoms with E-state index in [1.807, 2.05) is 13.0 Å². The molecule has 1 heterocycles. The summed E-state index contributed by atoms with van der Waals surface area (Å²) in [6.07, 6.45) is -4.93. The molecule has 0 saturated carbocycles. The van der Waals surface area contributed by atoms with Crippen LogP contribution in [-0.4, -0.2) is 23.2 Å². The molecule has 5 nitrogen and oxygen atoms in total. The van der Waals surface area contributed by atoms with E-state index in [-0.39, 0.29) is 17.0 Å². The first-order valence-corrected chi connectivity index (χ1v) is 10.8. The maximum Gasteiger partial charge on any atom is 0.573 e. The molecule has 1 unspecified atom stereocenters. The summed E-state index contributed by atoms with van der Waals surface area (Å²) in [5, 5.41) is 11.1. The highest BCUT2D eigenvalue weighted by atomic mass is 79.9. The van der Waals surface area contributed by atoms with E-state index in [2.05, 4.69) is 20.7 Å². The number of rotatable bonds is 4. The quantitative estimate of drug-likeness (QED) is 0.244. The summed E-state index contributed by atoms with van der Waals surface area (Å²) in [6.45, 7) is 1.82. The molecule has 0 bridgehead atoms. The van der Waals surface area contributed by atoms with Crippen LogP contribution in [0.5, 0.6) is 5.75 Å². The molecule has 3 aromatic carbocycles. The number of aliphatic hydroxyl groups is 1. The Hall–Kier alpha value is -3.59. The van der Waals surface area contributed by atoms with Gasteiger partial charge in [0.05, 0.1) is 11.6 Å². The first-order chi connectivity index (χ1) is 16.0. The van der Waals surface area contributed by atoms with Gasteiger partial charge >= 0.3 is 6.36 Å². The number of halogens is 4. The summed E-state index contributed by atoms with van der Waals surface area (Å²) in [4.78, 5) is 27.3. The molecule has 1 N–H and O–H groups in total. The van der Waals surface area contributed by atoms with Crippen LogP contribution in [0.4, 0.5) is 18.9 Å². The number of carbonyl (C=O) groups is 2. The topological polar surface area (TPSA) is 66.8 Å². The Morgan fingerprint density at radius 1 is 1.00 bits per heavy atom. The minimum atomic E-state index is -4.93. The van der Waals surface area contributed by atoms with Crippen molar-refractivity contribution in [2.24, 2.45) is 0 Å². The third-order valence-corrected chi connectivity index (χ3v) is 5.78. The van der Waals surface area contributed by atoms with E-state index in [0.717, 1.165) is 27.1 Å². The summed E-state index contributed by atoms with van der Waals surface area (Å²) < 4.78 is 43.0. The van der Waals surface area contributed by atoms with E-state index in [1.165, 1.54) is 12.1 Å². The third-order valence-electron chi connectivity index (χ3n) is 5.25. The number of Topliss-reactive ketones (excluding diaryl/α,β-unsaturated/α-hetero) is 1. The van der Waals surface area contributed by atoms with Gasteiger partial charge in [0, 0.05) is 21.8 Å². The molecule has 1 aliphatic rings. The zero-order valence-corrected chi connectivity index (χ0v) is 19.2. The second-order valence-corrected chi connectivity index (χ2v) is 8.55. The maximum absolute atomic E-state index is 13.1. The second kappa shape index (κ2) is 8.98. The lowest BCUT2D eigenvalue weighted by Gasteiger charge is -2.26. The fourth-order valence-corrected chi connectivity index (χ4v) is 4.11. The van der Waals surface area contributed by atoms with Gasteiger partial charge in [0.2, 0.25) is 0 Å². The molecule has 1 fully saturated rings. The molecule has 0 radical (unpaired) electrons. The summed E-state index contributed by atoms with van der Waals surface area (Å²) >= 11 is 3.30. The third kappa shape index (κ3) is 4.70. The number of anilines is 1. The van der Waals surface area contributed by atoms with Gasteiger partial charge in [-0.15, -0.1) is 13.2 Å². The van der Waals surface area contributed by atoms with Gasteiger partial charge in [0.25, 0.3) is 11.7 Å². The van der Waals surface area contributed by atoms with Crippen molar-refractivity contribution < 1.29 is 32.6 Å². The molecule has 0 spiro atoms. The van der Waals surface area contributed by atoms with Crippen LogP contribution in [-0.2, 0) is 9.59 Å². The van der Waals surface area contributed by atoms with Crippen LogP contribution in [0, 0.1) is 6.92 Å². The minimum absolute atomic E-state index is 0.0187. The lowest BCUT2D eigenvalue weighted by molar-refractivity contribution is -0.274. The van der Waals surface area contributed by atoms with Gasteiger partial charge in [-0.3, -0.25) is 14.5 Å². The molecule has 1 amide bonds. The number of hydrogen-bond donors (Lipinski definition) is 1. The van der Waals surface area contributed by atoms with E-state index in [0.29, 0.717) is 11.1 Å². The van der Waals surface area contributed by atoms with Crippen molar-refractivity contribution in [3.63, 3.8) is 0 Å². The molecule has 1 atom stereocenters. The van der Waals surface area contributed by atoms with Gasteiger partial charge in [-0.25, -0.2) is 0 Å². The zero-order chi connectivity index (χ0) is 24.6. The van der Waals surface area contributed by atoms with Crippen LogP contribution in [0.1, 0.15) is 22.7 Å². The average Bonchev–Trinajstić information content (AvgIpc) is 3.03. The van der Waals surface area contributed by atoms with Gasteiger partial charge in [0.1, 0.15) is 11.5 Å². The van der Waals surface area contributed by atoms with E-state index in [9.17, 15) is 27.9 Å². The zero-order valence-electron chi connectivity index (χ0n) is 17.6. The van der Waals surface area contributed by atoms with Gasteiger partial charge in [-0.05, 0) is 36.8 Å². The Balaban J connectivity index is 1.91. The molecular weight excluding hydrogens is 515 g/mol. The van der Waals surface area contributed by atoms with Gasteiger partial charge in [0.15, 0.2) is 0 Å². The summed E-state index contributed by atoms with van der Waals surface area (Å²) in [7, 11) is 0. The van der Waals surface area contributed by atoms with Crippen LogP contribution >= 0.6 is 15.9 Å². The van der Waals surface area contributed by atoms with Crippen LogP contribution in [0.2, 0.25) is 0 Å². The van der Waals surface area contributed by atoms with E-state index in [4.69, 9.17) is 0 Å². The summed E-state index contributed by atoms with van der Waals surface area (Å²) in [5.74, 6) is -2.85. The lowest BCUT2D eigenvalue weighted by atomic mass is 9.94. The van der Waals surface area contributed by atoms with E-state index < -0.39 is 29.8 Å². The number of nitrogens with zero attached hydrogens (tertiary/aromatic N) is 1. The SMILES string of the molecule is Cc1cccc(C2/C(=C(\O)c3ccc(Br)cc3)C(=O)C(=O)N2c2cccc(OC(F)(F)F)c2)c1. The van der Waals surface area contributed by atoms with E-state index in [1.54, 1.807) is 42.5 Å². The number of carbonyl (C=O) groups excluding carboxylic acids is 2. The fourth-order valence-electron chi connectivity index (χ4n) is 3.85. The second-order valence-electron chi connectivity index (χ2n) is 7.64. The standard InChI is InChI=1S/C25H17BrF3NO4/c1-14-4-2-5-16(12-14)21-20(22(31)15-8-10-17(26)11-9-15)23(32)24(33)30(21)18-6-3-7-19(13-18)34-25(27,28)29/h2-13,21,31H,1H3/b22-20+. The van der Waals surface area contributed by atoms with Crippen molar-refractivity contribution in [3.8, 4) is 5.75 Å². The fraction of sp³-hybridized carbons (Fsp3) is 0.120. The molecule has 34 heavy (non-hydrogen) atoms. The summed E-state index contributed by atoms with van der Waals surface area (Å²) in [6, 6.07) is 17.2. The highest BCUT2D eigenvalue weighted by Gasteiger charge is 2.47. The molecule has 174 valence electrons. The smallest absolute Gasteiger partial charge is 0.507 e. The first kappa shape index (κ1) is 23.6. The average molecular weight is 532 g/mol. The Morgan fingerprint density at radius 2 is 1.68 bits per heavy atom. The van der Waals surface area contributed by atoms with Crippen molar-refractivity contribution in [1.82, 2.24) is 0 Å². The van der Waals surface area contributed by atoms with Crippen LogP contribution in [0.15, 0.2) is 82.8 Å². The van der Waals surface area contributed by atoms with Crippen molar-refractivity contribution in [2.75, 3.05) is 4.90 Å². The first-order valence-electron chi connectivity index (χ1n) is 10.0. The number of benzene rings is 3. The highest BCUT2D eigenvalue weighted by molar-refractivity contribution is 9.10. The van der Waals surface area contributed by atoms with Gasteiger partial charge in [-0.1, -0.05) is 64.0 Å². The maximum atomic E-state index is 13.1. The summed E-state index contributed by atoms with van der Waals surface area (Å²) in [5.41, 5.74) is 1.51. The number of amides is 1. The number of aliphatic hydroxyl groups excluding tert-OH is 1. The molecule has 0 aliphatic carbocycles. The number of aryl methyl sites for hydroxylation is 1. The Labute approximate surface area is 201 Å². The van der Waals surface area contributed by atoms with Crippen molar-refractivity contribution in [1.29, 1.82) is 0 Å². The lowest BCUT2D eigenvalue weighted by Crippen LogP contribution is -2.29. The predicted octanol–water partition coefficient (Wildman–Crippen LogP) is 6.28. The van der Waals surface area contributed by atoms with Crippen LogP contribution < -0.4 is 9.64 Å². The normalized spacial score (nSPS) is 17.8. The number of ketones is 1. The highest BCUT2D eigenvalue weighted by Crippen LogP contribution is 2.43. The largest absolute Gasteiger partial charge is 0.573 e. The molecular formula is C25H17BrF3NO4. The number of hydrogen-bond acceptors (Lipinski definition) is 4. The van der Waals surface area contributed by atoms with Crippen LogP contribution in [0.3, 0.4) is 0 Å². The molecule has 0 aromatic heterocycles. The monoisotopic (exact) mass is 531 g/mol. The Kier molecular flexibility index (Phi) is 6.22. The molecule has 1 saturated heterocycles. The molecule has 9 heteroatoms. The van der Waals surface area contributed by atoms with Crippen LogP contribution in [0.25, 0.3) is 5.76 Å². The van der Waals surface area contributed by atoms with Gasteiger partial charge in [-0.2, -0.15) is 0 Å². The Bertz CT molecular complexity index is 1300. The minimum Gasteiger partial charge on any atom is -0.507 e. The molecule has 1 aliphatic heterocycles. The van der Waals surface area contributed by atoms with E-state index >= 15 is 0 Å². The van der Waals surface area contributed by atoms with Gasteiger partial charge < -0.3 is 9.84 Å². The van der Waals surface area contributed by atoms with Crippen molar-refractivity contribution in [2.45, 2.75) is 19.3 Å². The molecule has 3 aromatic rings.